The first kappa shape index (κ1) is 13.3. The molecule has 3 atom stereocenters. The number of benzene rings is 1. The minimum Gasteiger partial charge on any atom is -0.374 e. The van der Waals surface area contributed by atoms with Crippen LogP contribution >= 0.6 is 27.5 Å². The molecular formula is C13H12BrClFNO2. The molecule has 2 fully saturated rings. The second-order valence-corrected chi connectivity index (χ2v) is 6.21. The molecule has 2 saturated heterocycles. The van der Waals surface area contributed by atoms with Crippen molar-refractivity contribution in [2.75, 3.05) is 5.32 Å². The maximum atomic E-state index is 13.1. The highest BCUT2D eigenvalue weighted by Crippen LogP contribution is 2.40. The standard InChI is InChI=1S/C13H12BrClFNO2/c14-9-3-6(16)4-10(15)12(9)17-13(18)8-5-7-1-2-11(8)19-7/h3-4,7-8,11H,1-2,5H2,(H,17,18)/t7-,8-,11+/m1/s1. The van der Waals surface area contributed by atoms with Gasteiger partial charge in [0.1, 0.15) is 5.82 Å². The third-order valence-electron chi connectivity index (χ3n) is 3.70. The molecule has 1 aromatic rings. The van der Waals surface area contributed by atoms with Gasteiger partial charge in [0.05, 0.1) is 28.8 Å². The van der Waals surface area contributed by atoms with E-state index in [-0.39, 0.29) is 29.1 Å². The topological polar surface area (TPSA) is 38.3 Å². The number of anilines is 1. The predicted octanol–water partition coefficient (Wildman–Crippen LogP) is 3.75. The number of ether oxygens (including phenoxy) is 1. The van der Waals surface area contributed by atoms with Crippen LogP contribution in [-0.4, -0.2) is 18.1 Å². The summed E-state index contributed by atoms with van der Waals surface area (Å²) < 4.78 is 19.2. The molecule has 0 saturated carbocycles. The number of hydrogen-bond donors (Lipinski definition) is 1. The van der Waals surface area contributed by atoms with Crippen molar-refractivity contribution in [3.8, 4) is 0 Å². The zero-order valence-electron chi connectivity index (χ0n) is 9.96. The normalized spacial score (nSPS) is 28.7. The average molecular weight is 349 g/mol. The summed E-state index contributed by atoms with van der Waals surface area (Å²) in [6, 6.07) is 2.46. The van der Waals surface area contributed by atoms with Crippen LogP contribution in [0.2, 0.25) is 5.02 Å². The Labute approximate surface area is 123 Å². The van der Waals surface area contributed by atoms with Crippen LogP contribution in [0.4, 0.5) is 10.1 Å². The van der Waals surface area contributed by atoms with Crippen molar-refractivity contribution < 1.29 is 13.9 Å². The molecule has 2 bridgehead atoms. The lowest BCUT2D eigenvalue weighted by atomic mass is 9.88. The van der Waals surface area contributed by atoms with Crippen LogP contribution in [0, 0.1) is 11.7 Å². The highest BCUT2D eigenvalue weighted by molar-refractivity contribution is 9.10. The molecule has 0 aromatic heterocycles. The summed E-state index contributed by atoms with van der Waals surface area (Å²) in [4.78, 5) is 12.2. The maximum Gasteiger partial charge on any atom is 0.230 e. The van der Waals surface area contributed by atoms with Crippen molar-refractivity contribution >= 4 is 39.1 Å². The number of nitrogens with one attached hydrogen (secondary N) is 1. The molecule has 0 unspecified atom stereocenters. The molecule has 3 nitrogen and oxygen atoms in total. The summed E-state index contributed by atoms with van der Waals surface area (Å²) in [7, 11) is 0. The zero-order valence-corrected chi connectivity index (χ0v) is 12.3. The van der Waals surface area contributed by atoms with Crippen molar-refractivity contribution in [3.63, 3.8) is 0 Å². The van der Waals surface area contributed by atoms with Gasteiger partial charge in [0.2, 0.25) is 5.91 Å². The van der Waals surface area contributed by atoms with E-state index in [0.717, 1.165) is 19.3 Å². The van der Waals surface area contributed by atoms with Gasteiger partial charge in [-0.3, -0.25) is 4.79 Å². The van der Waals surface area contributed by atoms with Gasteiger partial charge in [0, 0.05) is 4.47 Å². The summed E-state index contributed by atoms with van der Waals surface area (Å²) in [5.74, 6) is -0.689. The van der Waals surface area contributed by atoms with Crippen LogP contribution in [-0.2, 0) is 9.53 Å². The lowest BCUT2D eigenvalue weighted by Gasteiger charge is -2.19. The van der Waals surface area contributed by atoms with Gasteiger partial charge in [-0.1, -0.05) is 11.6 Å². The van der Waals surface area contributed by atoms with E-state index in [2.05, 4.69) is 21.2 Å². The fraction of sp³-hybridized carbons (Fsp3) is 0.462. The van der Waals surface area contributed by atoms with Crippen molar-refractivity contribution in [2.45, 2.75) is 31.5 Å². The number of carbonyl (C=O) groups is 1. The van der Waals surface area contributed by atoms with Crippen LogP contribution in [0.5, 0.6) is 0 Å². The van der Waals surface area contributed by atoms with Gasteiger partial charge in [-0.05, 0) is 47.3 Å². The first-order valence-electron chi connectivity index (χ1n) is 6.15. The van der Waals surface area contributed by atoms with Crippen LogP contribution in [0.15, 0.2) is 16.6 Å². The van der Waals surface area contributed by atoms with Crippen LogP contribution < -0.4 is 5.32 Å². The fourth-order valence-corrected chi connectivity index (χ4v) is 3.69. The summed E-state index contributed by atoms with van der Waals surface area (Å²) in [6.45, 7) is 0. The average Bonchev–Trinajstić information content (AvgIpc) is 2.95. The van der Waals surface area contributed by atoms with E-state index in [1.54, 1.807) is 0 Å². The fourth-order valence-electron chi connectivity index (χ4n) is 2.79. The first-order chi connectivity index (χ1) is 9.04. The number of rotatable bonds is 2. The Morgan fingerprint density at radius 2 is 2.26 bits per heavy atom. The summed E-state index contributed by atoms with van der Waals surface area (Å²) in [6.07, 6.45) is 2.96. The van der Waals surface area contributed by atoms with Gasteiger partial charge in [0.25, 0.3) is 0 Å². The predicted molar refractivity (Wildman–Crippen MR) is 73.7 cm³/mol. The lowest BCUT2D eigenvalue weighted by molar-refractivity contribution is -0.121. The highest BCUT2D eigenvalue weighted by Gasteiger charge is 2.44. The minimum absolute atomic E-state index is 0.0167. The molecule has 2 heterocycles. The number of amides is 1. The van der Waals surface area contributed by atoms with Crippen molar-refractivity contribution in [1.29, 1.82) is 0 Å². The van der Waals surface area contributed by atoms with Crippen molar-refractivity contribution in [2.24, 2.45) is 5.92 Å². The van der Waals surface area contributed by atoms with Gasteiger partial charge in [-0.15, -0.1) is 0 Å². The van der Waals surface area contributed by atoms with Crippen molar-refractivity contribution in [1.82, 2.24) is 0 Å². The molecule has 2 aliphatic heterocycles. The van der Waals surface area contributed by atoms with E-state index < -0.39 is 5.82 Å². The van der Waals surface area contributed by atoms with Gasteiger partial charge in [0.15, 0.2) is 0 Å². The third-order valence-corrected chi connectivity index (χ3v) is 4.62. The Kier molecular flexibility index (Phi) is 3.53. The number of hydrogen-bond acceptors (Lipinski definition) is 2. The quantitative estimate of drug-likeness (QED) is 0.884. The van der Waals surface area contributed by atoms with Gasteiger partial charge >= 0.3 is 0 Å². The monoisotopic (exact) mass is 347 g/mol. The molecule has 3 rings (SSSR count). The SMILES string of the molecule is O=C(Nc1c(Cl)cc(F)cc1Br)[C@@H]1C[C@H]2CC[C@@H]1O2. The molecule has 0 aliphatic carbocycles. The third kappa shape index (κ3) is 2.51. The summed E-state index contributed by atoms with van der Waals surface area (Å²) >= 11 is 9.15. The van der Waals surface area contributed by atoms with Crippen LogP contribution in [0.3, 0.4) is 0 Å². The van der Waals surface area contributed by atoms with E-state index in [1.807, 2.05) is 0 Å². The molecule has 1 aromatic carbocycles. The Morgan fingerprint density at radius 3 is 2.84 bits per heavy atom. The van der Waals surface area contributed by atoms with Crippen LogP contribution in [0.25, 0.3) is 0 Å². The van der Waals surface area contributed by atoms with Crippen molar-refractivity contribution in [3.05, 3.63) is 27.4 Å². The molecule has 6 heteroatoms. The first-order valence-corrected chi connectivity index (χ1v) is 7.32. The van der Waals surface area contributed by atoms with Gasteiger partial charge in [-0.2, -0.15) is 0 Å². The number of carbonyl (C=O) groups excluding carboxylic acids is 1. The van der Waals surface area contributed by atoms with E-state index in [1.165, 1.54) is 12.1 Å². The Morgan fingerprint density at radius 1 is 1.47 bits per heavy atom. The van der Waals surface area contributed by atoms with Gasteiger partial charge in [-0.25, -0.2) is 4.39 Å². The molecule has 102 valence electrons. The highest BCUT2D eigenvalue weighted by atomic mass is 79.9. The maximum absolute atomic E-state index is 13.1. The molecule has 19 heavy (non-hydrogen) atoms. The van der Waals surface area contributed by atoms with Gasteiger partial charge < -0.3 is 10.1 Å². The molecule has 0 spiro atoms. The second-order valence-electron chi connectivity index (χ2n) is 4.95. The molecule has 0 radical (unpaired) electrons. The Hall–Kier alpha value is -0.650. The van der Waals surface area contributed by atoms with E-state index in [0.29, 0.717) is 10.2 Å². The largest absolute Gasteiger partial charge is 0.374 e. The summed E-state index contributed by atoms with van der Waals surface area (Å²) in [5.41, 5.74) is 0.413. The summed E-state index contributed by atoms with van der Waals surface area (Å²) in [5, 5.41) is 2.95. The minimum atomic E-state index is -0.446. The van der Waals surface area contributed by atoms with E-state index in [9.17, 15) is 9.18 Å². The lowest BCUT2D eigenvalue weighted by Crippen LogP contribution is -2.30. The Balaban J connectivity index is 1.77. The van der Waals surface area contributed by atoms with Crippen LogP contribution in [0.1, 0.15) is 19.3 Å². The molecule has 1 N–H and O–H groups in total. The number of halogens is 3. The molecule has 2 aliphatic rings. The smallest absolute Gasteiger partial charge is 0.230 e. The zero-order chi connectivity index (χ0) is 13.6. The molecular weight excluding hydrogens is 337 g/mol. The van der Waals surface area contributed by atoms with E-state index in [4.69, 9.17) is 16.3 Å². The second kappa shape index (κ2) is 5.04. The number of fused-ring (bicyclic) bond motifs is 2. The molecule has 1 amide bonds. The Bertz CT molecular complexity index is 516. The van der Waals surface area contributed by atoms with E-state index >= 15 is 0 Å².